The molecule has 13 heteroatoms. The lowest BCUT2D eigenvalue weighted by Crippen LogP contribution is -2.60. The minimum Gasteiger partial charge on any atom is -0.505 e. The Kier molecular flexibility index (Phi) is 7.54. The van der Waals surface area contributed by atoms with Crippen molar-refractivity contribution in [2.75, 3.05) is 12.0 Å². The van der Waals surface area contributed by atoms with Gasteiger partial charge in [-0.15, -0.1) is 23.2 Å². The maximum absolute atomic E-state index is 14.6. The van der Waals surface area contributed by atoms with Gasteiger partial charge in [0, 0.05) is 18.9 Å². The van der Waals surface area contributed by atoms with Crippen LogP contribution in [-0.4, -0.2) is 71.4 Å². The van der Waals surface area contributed by atoms with Crippen molar-refractivity contribution in [3.8, 4) is 5.75 Å². The first-order valence-corrected chi connectivity index (χ1v) is 14.8. The van der Waals surface area contributed by atoms with Gasteiger partial charge >= 0.3 is 5.97 Å². The summed E-state index contributed by atoms with van der Waals surface area (Å²) in [6, 6.07) is 3.56. The number of halogens is 4. The molecule has 40 heavy (non-hydrogen) atoms. The van der Waals surface area contributed by atoms with E-state index < -0.39 is 68.7 Å². The summed E-state index contributed by atoms with van der Waals surface area (Å²) in [6.07, 6.45) is 3.14. The van der Waals surface area contributed by atoms with Crippen LogP contribution in [0, 0.1) is 23.6 Å². The van der Waals surface area contributed by atoms with Crippen molar-refractivity contribution >= 4 is 68.7 Å². The van der Waals surface area contributed by atoms with E-state index in [9.17, 15) is 33.5 Å². The third-order valence-corrected chi connectivity index (χ3v) is 10.6. The third kappa shape index (κ3) is 4.10. The number of allylic oxidation sites excluding steroid dienone is 2. The molecule has 4 amide bonds. The van der Waals surface area contributed by atoms with Crippen molar-refractivity contribution in [3.05, 3.63) is 41.2 Å². The van der Waals surface area contributed by atoms with Gasteiger partial charge in [0.1, 0.15) is 0 Å². The van der Waals surface area contributed by atoms with Crippen LogP contribution in [-0.2, 0) is 24.0 Å². The van der Waals surface area contributed by atoms with Gasteiger partial charge in [-0.3, -0.25) is 33.8 Å². The fraction of sp³-hybridized carbons (Fsp3) is 0.519. The molecule has 0 bridgehead atoms. The molecule has 1 saturated carbocycles. The van der Waals surface area contributed by atoms with Gasteiger partial charge in [-0.2, -0.15) is 0 Å². The maximum atomic E-state index is 14.6. The number of likely N-dealkylation sites (tertiary alicyclic amines) is 2. The normalized spacial score (nSPS) is 33.1. The molecule has 1 aromatic carbocycles. The van der Waals surface area contributed by atoms with Gasteiger partial charge in [-0.05, 0) is 49.3 Å². The van der Waals surface area contributed by atoms with Crippen LogP contribution < -0.4 is 0 Å². The van der Waals surface area contributed by atoms with Crippen molar-refractivity contribution in [2.24, 2.45) is 17.8 Å². The van der Waals surface area contributed by atoms with Gasteiger partial charge in [0.15, 0.2) is 21.3 Å². The van der Waals surface area contributed by atoms with E-state index in [4.69, 9.17) is 28.3 Å². The Morgan fingerprint density at radius 3 is 2.42 bits per heavy atom. The zero-order valence-electron chi connectivity index (χ0n) is 21.1. The van der Waals surface area contributed by atoms with Gasteiger partial charge in [0.2, 0.25) is 11.8 Å². The molecular formula is C27H26BrCl2FN2O7. The lowest BCUT2D eigenvalue weighted by atomic mass is 9.56. The molecule has 2 heterocycles. The Hall–Kier alpha value is -2.50. The molecule has 2 N–H and O–H groups in total. The van der Waals surface area contributed by atoms with Gasteiger partial charge in [0.25, 0.3) is 11.8 Å². The SMILES string of the molecule is O=C(O)CCCCCN1C(=O)C2CC=C3C(CC4(Cl)C(=O)N(CBr)C(=O)C4(Cl)C3c3ccc(O)c(F)c3)C2C1=O. The van der Waals surface area contributed by atoms with Crippen LogP contribution >= 0.6 is 39.1 Å². The van der Waals surface area contributed by atoms with E-state index >= 15 is 0 Å². The number of hydrogen-bond acceptors (Lipinski definition) is 6. The molecule has 2 aliphatic heterocycles. The number of amides is 4. The van der Waals surface area contributed by atoms with E-state index in [-0.39, 0.29) is 42.7 Å². The number of nitrogens with zero attached hydrogens (tertiary/aromatic N) is 2. The first-order chi connectivity index (χ1) is 18.9. The molecule has 3 fully saturated rings. The Morgan fingerprint density at radius 1 is 1.05 bits per heavy atom. The molecule has 4 aliphatic rings. The number of fused-ring (bicyclic) bond motifs is 4. The van der Waals surface area contributed by atoms with E-state index in [0.29, 0.717) is 24.8 Å². The molecule has 6 unspecified atom stereocenters. The predicted molar refractivity (Wildman–Crippen MR) is 144 cm³/mol. The summed E-state index contributed by atoms with van der Waals surface area (Å²) in [5.41, 5.74) is 0.557. The summed E-state index contributed by atoms with van der Waals surface area (Å²) in [7, 11) is 0. The number of imide groups is 2. The molecule has 9 nitrogen and oxygen atoms in total. The molecule has 6 atom stereocenters. The standard InChI is InChI=1S/C27H26BrCl2FN2O7/c28-12-33-24(39)26(29)11-16-14(21(27(26,30)25(33)40)13-5-8-18(34)17(31)10-13)6-7-15-20(16)23(38)32(22(15)37)9-3-1-2-4-19(35)36/h5-6,8,10,15-16,20-21,34H,1-4,7,9,11-12H2,(H,35,36). The molecule has 2 aliphatic carbocycles. The average molecular weight is 660 g/mol. The van der Waals surface area contributed by atoms with E-state index in [1.165, 1.54) is 11.0 Å². The Bertz CT molecular complexity index is 1360. The molecule has 0 spiro atoms. The molecule has 0 radical (unpaired) electrons. The fourth-order valence-electron chi connectivity index (χ4n) is 6.84. The number of hydrogen-bond donors (Lipinski definition) is 2. The fourth-order valence-corrected chi connectivity index (χ4v) is 8.26. The van der Waals surface area contributed by atoms with Crippen molar-refractivity contribution in [3.63, 3.8) is 0 Å². The second-order valence-electron chi connectivity index (χ2n) is 10.7. The number of carboxylic acid groups (broad SMARTS) is 1. The van der Waals surface area contributed by atoms with Crippen molar-refractivity contribution in [2.45, 2.75) is 54.2 Å². The average Bonchev–Trinajstić information content (AvgIpc) is 3.23. The van der Waals surface area contributed by atoms with E-state index in [2.05, 4.69) is 15.9 Å². The van der Waals surface area contributed by atoms with Crippen molar-refractivity contribution < 1.29 is 38.6 Å². The number of carbonyl (C=O) groups excluding carboxylic acids is 4. The predicted octanol–water partition coefficient (Wildman–Crippen LogP) is 3.89. The molecule has 0 aromatic heterocycles. The first kappa shape index (κ1) is 29.0. The number of unbranched alkanes of at least 4 members (excludes halogenated alkanes) is 2. The summed E-state index contributed by atoms with van der Waals surface area (Å²) in [6.45, 7) is 0.138. The van der Waals surface area contributed by atoms with Gasteiger partial charge in [-0.1, -0.05) is 40.1 Å². The van der Waals surface area contributed by atoms with Crippen LogP contribution in [0.5, 0.6) is 5.75 Å². The highest BCUT2D eigenvalue weighted by molar-refractivity contribution is 9.09. The Labute approximate surface area is 247 Å². The van der Waals surface area contributed by atoms with Crippen LogP contribution in [0.2, 0.25) is 0 Å². The maximum Gasteiger partial charge on any atom is 0.303 e. The smallest absolute Gasteiger partial charge is 0.303 e. The molecular weight excluding hydrogens is 634 g/mol. The van der Waals surface area contributed by atoms with Crippen LogP contribution in [0.4, 0.5) is 4.39 Å². The lowest BCUT2D eigenvalue weighted by Gasteiger charge is -2.50. The zero-order valence-corrected chi connectivity index (χ0v) is 24.2. The Balaban J connectivity index is 1.54. The monoisotopic (exact) mass is 658 g/mol. The number of carboxylic acids is 1. The largest absolute Gasteiger partial charge is 0.505 e. The van der Waals surface area contributed by atoms with Crippen molar-refractivity contribution in [1.29, 1.82) is 0 Å². The summed E-state index contributed by atoms with van der Waals surface area (Å²) in [4.78, 5) is 63.1. The number of aliphatic carboxylic acids is 1. The van der Waals surface area contributed by atoms with Gasteiger partial charge in [-0.25, -0.2) is 4.39 Å². The number of aromatic hydroxyl groups is 1. The highest BCUT2D eigenvalue weighted by Gasteiger charge is 2.76. The number of carbonyl (C=O) groups is 5. The van der Waals surface area contributed by atoms with Crippen molar-refractivity contribution in [1.82, 2.24) is 9.80 Å². The number of rotatable bonds is 8. The highest BCUT2D eigenvalue weighted by atomic mass is 79.9. The number of alkyl halides is 3. The molecule has 1 aromatic rings. The lowest BCUT2D eigenvalue weighted by molar-refractivity contribution is -0.141. The Morgan fingerprint density at radius 2 is 1.77 bits per heavy atom. The molecule has 214 valence electrons. The minimum atomic E-state index is -2.05. The summed E-state index contributed by atoms with van der Waals surface area (Å²) in [5, 5.41) is 18.6. The first-order valence-electron chi connectivity index (χ1n) is 12.9. The van der Waals surface area contributed by atoms with Crippen LogP contribution in [0.3, 0.4) is 0 Å². The van der Waals surface area contributed by atoms with Gasteiger partial charge < -0.3 is 10.2 Å². The van der Waals surface area contributed by atoms with Gasteiger partial charge in [0.05, 0.1) is 17.3 Å². The van der Waals surface area contributed by atoms with Crippen LogP contribution in [0.25, 0.3) is 0 Å². The van der Waals surface area contributed by atoms with Crippen LogP contribution in [0.15, 0.2) is 29.8 Å². The molecule has 5 rings (SSSR count). The number of phenols is 1. The van der Waals surface area contributed by atoms with Crippen LogP contribution in [0.1, 0.15) is 50.0 Å². The summed E-state index contributed by atoms with van der Waals surface area (Å²) < 4.78 is 14.6. The summed E-state index contributed by atoms with van der Waals surface area (Å²) >= 11 is 17.3. The zero-order chi connectivity index (χ0) is 29.1. The van der Waals surface area contributed by atoms with E-state index in [1.807, 2.05) is 0 Å². The quantitative estimate of drug-likeness (QED) is 0.142. The van der Waals surface area contributed by atoms with E-state index in [1.54, 1.807) is 6.08 Å². The summed E-state index contributed by atoms with van der Waals surface area (Å²) in [5.74, 6) is -8.15. The molecule has 2 saturated heterocycles. The number of phenolic OH excluding ortho intramolecular Hbond substituents is 1. The van der Waals surface area contributed by atoms with E-state index in [0.717, 1.165) is 17.0 Å². The second kappa shape index (κ2) is 10.4. The second-order valence-corrected chi connectivity index (χ2v) is 12.5. The minimum absolute atomic E-state index is 0.00210. The number of benzene rings is 1. The topological polar surface area (TPSA) is 132 Å². The highest BCUT2D eigenvalue weighted by Crippen LogP contribution is 2.65. The third-order valence-electron chi connectivity index (χ3n) is 8.68.